The number of unbranched alkanes of at least 4 members (excludes halogenated alkanes) is 1. The highest BCUT2D eigenvalue weighted by atomic mass is 16.5. The maximum absolute atomic E-state index is 5.83. The lowest BCUT2D eigenvalue weighted by atomic mass is 10.2. The van der Waals surface area contributed by atoms with Crippen molar-refractivity contribution in [2.24, 2.45) is 0 Å². The number of benzene rings is 1. The summed E-state index contributed by atoms with van der Waals surface area (Å²) in [6, 6.07) is 9.87. The van der Waals surface area contributed by atoms with Crippen LogP contribution in [0.1, 0.15) is 19.8 Å². The third-order valence-corrected chi connectivity index (χ3v) is 2.91. The van der Waals surface area contributed by atoms with E-state index in [9.17, 15) is 0 Å². The van der Waals surface area contributed by atoms with Crippen LogP contribution >= 0.6 is 0 Å². The van der Waals surface area contributed by atoms with Crippen molar-refractivity contribution >= 4 is 16.6 Å². The van der Waals surface area contributed by atoms with Gasteiger partial charge in [0.05, 0.1) is 12.1 Å². The van der Waals surface area contributed by atoms with E-state index >= 15 is 0 Å². The Labute approximate surface area is 104 Å². The van der Waals surface area contributed by atoms with Gasteiger partial charge in [0.25, 0.3) is 0 Å². The number of hydrogen-bond acceptors (Lipinski definition) is 4. The molecule has 0 N–H and O–H groups in total. The third kappa shape index (κ3) is 1.77. The summed E-state index contributed by atoms with van der Waals surface area (Å²) in [6.07, 6.45) is 2.16. The van der Waals surface area contributed by atoms with Crippen LogP contribution in [-0.4, -0.2) is 26.6 Å². The highest BCUT2D eigenvalue weighted by Crippen LogP contribution is 2.26. The summed E-state index contributed by atoms with van der Waals surface area (Å²) in [4.78, 5) is 0. The fraction of sp³-hybridized carbons (Fsp3) is 0.308. The van der Waals surface area contributed by atoms with Gasteiger partial charge >= 0.3 is 0 Å². The van der Waals surface area contributed by atoms with Crippen LogP contribution in [-0.2, 0) is 0 Å². The van der Waals surface area contributed by atoms with E-state index in [2.05, 4.69) is 22.4 Å². The summed E-state index contributed by atoms with van der Waals surface area (Å²) >= 11 is 0. The molecule has 0 fully saturated rings. The zero-order valence-electron chi connectivity index (χ0n) is 10.2. The fourth-order valence-corrected chi connectivity index (χ4v) is 1.96. The van der Waals surface area contributed by atoms with E-state index in [-0.39, 0.29) is 0 Å². The quantitative estimate of drug-likeness (QED) is 0.659. The van der Waals surface area contributed by atoms with Gasteiger partial charge < -0.3 is 4.74 Å². The Hall–Kier alpha value is -2.17. The summed E-state index contributed by atoms with van der Waals surface area (Å²) in [5, 5.41) is 12.7. The molecule has 18 heavy (non-hydrogen) atoms. The first-order chi connectivity index (χ1) is 8.90. The molecule has 3 rings (SSSR count). The normalized spacial score (nSPS) is 11.2. The van der Waals surface area contributed by atoms with Crippen molar-refractivity contribution < 1.29 is 4.74 Å². The first-order valence-electron chi connectivity index (χ1n) is 6.13. The number of para-hydroxylation sites is 1. The number of rotatable bonds is 4. The van der Waals surface area contributed by atoms with Gasteiger partial charge in [0.15, 0.2) is 5.65 Å². The number of hydrogen-bond donors (Lipinski definition) is 0. The standard InChI is InChI=1S/C13H14N4O/c1-2-3-8-18-12-9-13-14-15-16-17(13)11-7-5-4-6-10(11)12/h4-7,9H,2-3,8H2,1H3. The second-order valence-corrected chi connectivity index (χ2v) is 4.18. The topological polar surface area (TPSA) is 52.3 Å². The molecule has 0 aliphatic heterocycles. The second-order valence-electron chi connectivity index (χ2n) is 4.18. The molecule has 0 bridgehead atoms. The summed E-state index contributed by atoms with van der Waals surface area (Å²) in [5.74, 6) is 0.848. The van der Waals surface area contributed by atoms with Crippen LogP contribution in [0.3, 0.4) is 0 Å². The van der Waals surface area contributed by atoms with Crippen LogP contribution < -0.4 is 4.74 Å². The van der Waals surface area contributed by atoms with Crippen molar-refractivity contribution in [2.45, 2.75) is 19.8 Å². The average Bonchev–Trinajstić information content (AvgIpc) is 2.87. The molecule has 0 saturated carbocycles. The van der Waals surface area contributed by atoms with Crippen LogP contribution in [0.2, 0.25) is 0 Å². The van der Waals surface area contributed by atoms with E-state index in [0.29, 0.717) is 5.65 Å². The molecule has 2 aromatic heterocycles. The zero-order chi connectivity index (χ0) is 12.4. The molecular formula is C13H14N4O. The van der Waals surface area contributed by atoms with Gasteiger partial charge in [0, 0.05) is 11.5 Å². The lowest BCUT2D eigenvalue weighted by molar-refractivity contribution is 0.313. The lowest BCUT2D eigenvalue weighted by Gasteiger charge is -2.09. The van der Waals surface area contributed by atoms with Gasteiger partial charge in [0.2, 0.25) is 0 Å². The predicted molar refractivity (Wildman–Crippen MR) is 68.7 cm³/mol. The molecule has 3 aromatic rings. The van der Waals surface area contributed by atoms with Crippen molar-refractivity contribution in [3.63, 3.8) is 0 Å². The van der Waals surface area contributed by atoms with Crippen LogP contribution in [0.5, 0.6) is 5.75 Å². The molecular weight excluding hydrogens is 228 g/mol. The van der Waals surface area contributed by atoms with Gasteiger partial charge in [-0.3, -0.25) is 0 Å². The second kappa shape index (κ2) is 4.60. The van der Waals surface area contributed by atoms with Crippen molar-refractivity contribution in [3.8, 4) is 5.75 Å². The Balaban J connectivity index is 2.14. The molecule has 92 valence electrons. The molecule has 5 heteroatoms. The van der Waals surface area contributed by atoms with Crippen LogP contribution in [0.25, 0.3) is 16.6 Å². The van der Waals surface area contributed by atoms with Gasteiger partial charge in [0.1, 0.15) is 5.75 Å². The lowest BCUT2D eigenvalue weighted by Crippen LogP contribution is -1.99. The minimum absolute atomic E-state index is 0.709. The highest BCUT2D eigenvalue weighted by molar-refractivity contribution is 5.87. The van der Waals surface area contributed by atoms with Gasteiger partial charge in [-0.2, -0.15) is 4.52 Å². The summed E-state index contributed by atoms with van der Waals surface area (Å²) in [5.41, 5.74) is 1.67. The number of tetrazole rings is 1. The fourth-order valence-electron chi connectivity index (χ4n) is 1.96. The van der Waals surface area contributed by atoms with E-state index in [0.717, 1.165) is 36.1 Å². The largest absolute Gasteiger partial charge is 0.493 e. The Morgan fingerprint density at radius 3 is 3.06 bits per heavy atom. The molecule has 5 nitrogen and oxygen atoms in total. The van der Waals surface area contributed by atoms with Crippen molar-refractivity contribution in [3.05, 3.63) is 30.3 Å². The molecule has 0 aliphatic carbocycles. The maximum atomic E-state index is 5.83. The smallest absolute Gasteiger partial charge is 0.183 e. The SMILES string of the molecule is CCCCOc1cc2nnnn2c2ccccc12. The Morgan fingerprint density at radius 2 is 2.17 bits per heavy atom. The molecule has 2 heterocycles. The Morgan fingerprint density at radius 1 is 1.28 bits per heavy atom. The minimum atomic E-state index is 0.709. The number of pyridine rings is 1. The van der Waals surface area contributed by atoms with Gasteiger partial charge in [-0.25, -0.2) is 0 Å². The summed E-state index contributed by atoms with van der Waals surface area (Å²) in [7, 11) is 0. The summed E-state index contributed by atoms with van der Waals surface area (Å²) < 4.78 is 7.55. The van der Waals surface area contributed by atoms with E-state index in [4.69, 9.17) is 4.74 Å². The molecule has 0 unspecified atom stereocenters. The predicted octanol–water partition coefficient (Wildman–Crippen LogP) is 2.46. The first kappa shape index (κ1) is 11.0. The monoisotopic (exact) mass is 242 g/mol. The molecule has 0 saturated heterocycles. The van der Waals surface area contributed by atoms with Crippen molar-refractivity contribution in [1.82, 2.24) is 20.0 Å². The number of ether oxygens (including phenoxy) is 1. The van der Waals surface area contributed by atoms with E-state index in [1.54, 1.807) is 4.52 Å². The third-order valence-electron chi connectivity index (χ3n) is 2.91. The van der Waals surface area contributed by atoms with Gasteiger partial charge in [-0.1, -0.05) is 25.5 Å². The molecule has 0 atom stereocenters. The van der Waals surface area contributed by atoms with Crippen LogP contribution in [0, 0.1) is 0 Å². The number of aromatic nitrogens is 4. The molecule has 0 radical (unpaired) electrons. The van der Waals surface area contributed by atoms with E-state index < -0.39 is 0 Å². The van der Waals surface area contributed by atoms with Crippen LogP contribution in [0.15, 0.2) is 30.3 Å². The van der Waals surface area contributed by atoms with Gasteiger partial charge in [-0.05, 0) is 29.0 Å². The Bertz CT molecular complexity index is 677. The maximum Gasteiger partial charge on any atom is 0.183 e. The first-order valence-corrected chi connectivity index (χ1v) is 6.13. The van der Waals surface area contributed by atoms with Crippen LogP contribution in [0.4, 0.5) is 0 Å². The molecule has 1 aromatic carbocycles. The zero-order valence-corrected chi connectivity index (χ0v) is 10.2. The molecule has 0 aliphatic rings. The highest BCUT2D eigenvalue weighted by Gasteiger charge is 2.09. The van der Waals surface area contributed by atoms with Crippen molar-refractivity contribution in [2.75, 3.05) is 6.61 Å². The minimum Gasteiger partial charge on any atom is -0.493 e. The van der Waals surface area contributed by atoms with E-state index in [1.807, 2.05) is 30.3 Å². The number of fused-ring (bicyclic) bond motifs is 3. The Kier molecular flexibility index (Phi) is 2.80. The molecule has 0 amide bonds. The van der Waals surface area contributed by atoms with Crippen molar-refractivity contribution in [1.29, 1.82) is 0 Å². The van der Waals surface area contributed by atoms with Gasteiger partial charge in [-0.15, -0.1) is 5.10 Å². The van der Waals surface area contributed by atoms with E-state index in [1.165, 1.54) is 0 Å². The molecule has 0 spiro atoms. The summed E-state index contributed by atoms with van der Waals surface area (Å²) in [6.45, 7) is 2.87. The average molecular weight is 242 g/mol. The number of nitrogens with zero attached hydrogens (tertiary/aromatic N) is 4.